The van der Waals surface area contributed by atoms with Gasteiger partial charge in [0.2, 0.25) is 0 Å². The maximum absolute atomic E-state index is 10.6. The summed E-state index contributed by atoms with van der Waals surface area (Å²) in [5, 5.41) is 20.9. The van der Waals surface area contributed by atoms with Crippen LogP contribution in [0, 0.1) is 10.1 Å². The Hall–Kier alpha value is -2.31. The minimum Gasteiger partial charge on any atom is -0.485 e. The van der Waals surface area contributed by atoms with E-state index in [1.54, 1.807) is 6.07 Å². The first-order valence-corrected chi connectivity index (χ1v) is 4.44. The van der Waals surface area contributed by atoms with Crippen LogP contribution in [0.25, 0.3) is 0 Å². The van der Waals surface area contributed by atoms with Crippen LogP contribution in [0.5, 0.6) is 5.75 Å². The number of nitrogens with one attached hydrogen (secondary N) is 1. The molecule has 0 saturated carbocycles. The molecule has 1 rings (SSSR count). The maximum Gasteiger partial charge on any atom is 0.404 e. The van der Waals surface area contributed by atoms with Crippen molar-refractivity contribution in [1.29, 1.82) is 0 Å². The number of nitro benzene ring substituents is 1. The number of benzene rings is 1. The number of ether oxygens (including phenoxy) is 1. The SMILES string of the molecule is O=C(O)NCCOc1ccccc1[N+](=O)[O-]. The van der Waals surface area contributed by atoms with Gasteiger partial charge in [0.05, 0.1) is 11.5 Å². The molecule has 0 fully saturated rings. The number of nitrogens with zero attached hydrogens (tertiary/aromatic N) is 1. The van der Waals surface area contributed by atoms with Gasteiger partial charge in [-0.25, -0.2) is 4.79 Å². The van der Waals surface area contributed by atoms with Crippen molar-refractivity contribution < 1.29 is 19.6 Å². The molecule has 0 bridgehead atoms. The predicted molar refractivity (Wildman–Crippen MR) is 54.6 cm³/mol. The van der Waals surface area contributed by atoms with Gasteiger partial charge in [0, 0.05) is 6.07 Å². The highest BCUT2D eigenvalue weighted by Crippen LogP contribution is 2.25. The summed E-state index contributed by atoms with van der Waals surface area (Å²) < 4.78 is 5.08. The number of hydrogen-bond acceptors (Lipinski definition) is 4. The van der Waals surface area contributed by atoms with E-state index in [0.717, 1.165) is 0 Å². The van der Waals surface area contributed by atoms with Crippen molar-refractivity contribution in [2.75, 3.05) is 13.2 Å². The van der Waals surface area contributed by atoms with E-state index in [2.05, 4.69) is 5.32 Å². The number of amides is 1. The van der Waals surface area contributed by atoms with Gasteiger partial charge < -0.3 is 15.2 Å². The highest BCUT2D eigenvalue weighted by atomic mass is 16.6. The molecule has 0 aliphatic heterocycles. The van der Waals surface area contributed by atoms with Gasteiger partial charge in [-0.1, -0.05) is 12.1 Å². The minimum absolute atomic E-state index is 0.0388. The molecule has 0 unspecified atom stereocenters. The van der Waals surface area contributed by atoms with Crippen LogP contribution >= 0.6 is 0 Å². The lowest BCUT2D eigenvalue weighted by Crippen LogP contribution is -2.26. The Morgan fingerprint density at radius 3 is 2.81 bits per heavy atom. The summed E-state index contributed by atoms with van der Waals surface area (Å²) in [5.41, 5.74) is -0.141. The number of hydrogen-bond donors (Lipinski definition) is 2. The first kappa shape index (κ1) is 11.8. The molecule has 7 nitrogen and oxygen atoms in total. The van der Waals surface area contributed by atoms with Gasteiger partial charge in [0.1, 0.15) is 6.61 Å². The van der Waals surface area contributed by atoms with Gasteiger partial charge in [-0.3, -0.25) is 10.1 Å². The Morgan fingerprint density at radius 2 is 2.19 bits per heavy atom. The molecule has 7 heteroatoms. The second kappa shape index (κ2) is 5.54. The highest BCUT2D eigenvalue weighted by Gasteiger charge is 2.12. The molecular formula is C9H10N2O5. The fourth-order valence-corrected chi connectivity index (χ4v) is 1.05. The molecule has 1 amide bonds. The molecule has 0 aliphatic rings. The third kappa shape index (κ3) is 3.45. The molecule has 0 saturated heterocycles. The van der Waals surface area contributed by atoms with Crippen LogP contribution in [0.15, 0.2) is 24.3 Å². The Morgan fingerprint density at radius 1 is 1.50 bits per heavy atom. The molecule has 0 spiro atoms. The van der Waals surface area contributed by atoms with Gasteiger partial charge in [-0.05, 0) is 6.07 Å². The summed E-state index contributed by atoms with van der Waals surface area (Å²) in [7, 11) is 0. The first-order chi connectivity index (χ1) is 7.61. The zero-order valence-electron chi connectivity index (χ0n) is 8.25. The van der Waals surface area contributed by atoms with E-state index in [-0.39, 0.29) is 24.6 Å². The fourth-order valence-electron chi connectivity index (χ4n) is 1.05. The zero-order chi connectivity index (χ0) is 12.0. The van der Waals surface area contributed by atoms with E-state index >= 15 is 0 Å². The van der Waals surface area contributed by atoms with E-state index in [1.165, 1.54) is 18.2 Å². The van der Waals surface area contributed by atoms with Crippen LogP contribution in [0.1, 0.15) is 0 Å². The van der Waals surface area contributed by atoms with Crippen LogP contribution in [0.3, 0.4) is 0 Å². The quantitative estimate of drug-likeness (QED) is 0.446. The number of carboxylic acid groups (broad SMARTS) is 1. The lowest BCUT2D eigenvalue weighted by Gasteiger charge is -2.05. The van der Waals surface area contributed by atoms with Crippen molar-refractivity contribution in [3.8, 4) is 5.75 Å². The van der Waals surface area contributed by atoms with Crippen LogP contribution in [0.4, 0.5) is 10.5 Å². The summed E-state index contributed by atoms with van der Waals surface area (Å²) in [6.07, 6.45) is -1.16. The molecule has 0 heterocycles. The molecular weight excluding hydrogens is 216 g/mol. The lowest BCUT2D eigenvalue weighted by atomic mass is 10.3. The first-order valence-electron chi connectivity index (χ1n) is 4.44. The Balaban J connectivity index is 2.53. The van der Waals surface area contributed by atoms with Crippen LogP contribution in [-0.2, 0) is 0 Å². The van der Waals surface area contributed by atoms with Crippen LogP contribution in [-0.4, -0.2) is 29.3 Å². The van der Waals surface area contributed by atoms with Gasteiger partial charge in [-0.15, -0.1) is 0 Å². The average Bonchev–Trinajstić information content (AvgIpc) is 2.24. The summed E-state index contributed by atoms with van der Waals surface area (Å²) in [6.45, 7) is 0.110. The summed E-state index contributed by atoms with van der Waals surface area (Å²) >= 11 is 0. The van der Waals surface area contributed by atoms with Crippen LogP contribution in [0.2, 0.25) is 0 Å². The molecule has 1 aromatic rings. The molecule has 16 heavy (non-hydrogen) atoms. The predicted octanol–water partition coefficient (Wildman–Crippen LogP) is 1.24. The molecule has 0 atom stereocenters. The monoisotopic (exact) mass is 226 g/mol. The van der Waals surface area contributed by atoms with Gasteiger partial charge >= 0.3 is 11.8 Å². The van der Waals surface area contributed by atoms with Gasteiger partial charge in [0.25, 0.3) is 0 Å². The second-order valence-electron chi connectivity index (χ2n) is 2.81. The number of nitro groups is 1. The molecule has 0 radical (unpaired) electrons. The Labute approximate surface area is 90.8 Å². The fraction of sp³-hybridized carbons (Fsp3) is 0.222. The van der Waals surface area contributed by atoms with E-state index in [9.17, 15) is 14.9 Å². The van der Waals surface area contributed by atoms with Crippen molar-refractivity contribution in [1.82, 2.24) is 5.32 Å². The number of para-hydroxylation sites is 2. The van der Waals surface area contributed by atoms with E-state index in [0.29, 0.717) is 0 Å². The number of carbonyl (C=O) groups is 1. The van der Waals surface area contributed by atoms with Gasteiger partial charge in [0.15, 0.2) is 5.75 Å². The van der Waals surface area contributed by atoms with Crippen molar-refractivity contribution in [2.45, 2.75) is 0 Å². The van der Waals surface area contributed by atoms with Crippen molar-refractivity contribution in [3.63, 3.8) is 0 Å². The summed E-state index contributed by atoms with van der Waals surface area (Å²) in [6, 6.07) is 5.91. The topological polar surface area (TPSA) is 102 Å². The van der Waals surface area contributed by atoms with E-state index in [1.807, 2.05) is 0 Å². The summed E-state index contributed by atoms with van der Waals surface area (Å²) in [5.74, 6) is 0.125. The molecule has 2 N–H and O–H groups in total. The Kier molecular flexibility index (Phi) is 4.07. The molecule has 1 aromatic carbocycles. The Bertz CT molecular complexity index is 393. The lowest BCUT2D eigenvalue weighted by molar-refractivity contribution is -0.385. The van der Waals surface area contributed by atoms with Gasteiger partial charge in [-0.2, -0.15) is 0 Å². The molecule has 0 aliphatic carbocycles. The van der Waals surface area contributed by atoms with E-state index in [4.69, 9.17) is 9.84 Å². The average molecular weight is 226 g/mol. The third-order valence-corrected chi connectivity index (χ3v) is 1.70. The van der Waals surface area contributed by atoms with Crippen molar-refractivity contribution >= 4 is 11.8 Å². The smallest absolute Gasteiger partial charge is 0.404 e. The molecule has 86 valence electrons. The minimum atomic E-state index is -1.16. The normalized spacial score (nSPS) is 9.50. The van der Waals surface area contributed by atoms with Crippen molar-refractivity contribution in [2.24, 2.45) is 0 Å². The largest absolute Gasteiger partial charge is 0.485 e. The summed E-state index contributed by atoms with van der Waals surface area (Å²) in [4.78, 5) is 20.1. The standard InChI is InChI=1S/C9H10N2O5/c12-9(13)10-5-6-16-8-4-2-1-3-7(8)11(14)15/h1-4,10H,5-6H2,(H,12,13). The highest BCUT2D eigenvalue weighted by molar-refractivity contribution is 5.64. The van der Waals surface area contributed by atoms with Crippen LogP contribution < -0.4 is 10.1 Å². The van der Waals surface area contributed by atoms with Crippen molar-refractivity contribution in [3.05, 3.63) is 34.4 Å². The van der Waals surface area contributed by atoms with E-state index < -0.39 is 11.0 Å². The molecule has 0 aromatic heterocycles. The maximum atomic E-state index is 10.6. The third-order valence-electron chi connectivity index (χ3n) is 1.70. The number of rotatable bonds is 5. The second-order valence-corrected chi connectivity index (χ2v) is 2.81. The zero-order valence-corrected chi connectivity index (χ0v) is 8.25.